The molecule has 1 fully saturated rings. The van der Waals surface area contributed by atoms with Gasteiger partial charge in [-0.2, -0.15) is 0 Å². The van der Waals surface area contributed by atoms with Crippen molar-refractivity contribution in [3.8, 4) is 0 Å². The van der Waals surface area contributed by atoms with Crippen LogP contribution in [0.1, 0.15) is 46.9 Å². The number of carbonyl (C=O) groups is 1. The first-order valence-corrected chi connectivity index (χ1v) is 7.99. The number of ether oxygens (including phenoxy) is 1. The summed E-state index contributed by atoms with van der Waals surface area (Å²) in [5, 5.41) is 0. The molecule has 2 atom stereocenters. The summed E-state index contributed by atoms with van der Waals surface area (Å²) < 4.78 is 5.91. The Morgan fingerprint density at radius 1 is 1.09 bits per heavy atom. The van der Waals surface area contributed by atoms with Crippen molar-refractivity contribution in [1.82, 2.24) is 0 Å². The number of Topliss-reactive ketones (excluding diaryl/α,β-unsaturated/α-hetero) is 1. The van der Waals surface area contributed by atoms with Gasteiger partial charge in [-0.1, -0.05) is 60.2 Å². The molecular formula is C20H22O2. The molecule has 0 aliphatic carbocycles. The highest BCUT2D eigenvalue weighted by molar-refractivity contribution is 5.96. The number of carbonyl (C=O) groups excluding carboxylic acids is 1. The maximum atomic E-state index is 12.4. The summed E-state index contributed by atoms with van der Waals surface area (Å²) in [6.07, 6.45) is 2.65. The van der Waals surface area contributed by atoms with Crippen LogP contribution in [0, 0.1) is 12.8 Å². The van der Waals surface area contributed by atoms with Crippen LogP contribution in [-0.2, 0) is 4.74 Å². The molecule has 3 rings (SSSR count). The Bertz CT molecular complexity index is 616. The minimum absolute atomic E-state index is 0.128. The Balaban J connectivity index is 1.63. The predicted octanol–water partition coefficient (Wildman–Crippen LogP) is 4.74. The van der Waals surface area contributed by atoms with Gasteiger partial charge in [0.15, 0.2) is 5.78 Å². The lowest BCUT2D eigenvalue weighted by Gasteiger charge is -2.29. The summed E-state index contributed by atoms with van der Waals surface area (Å²) in [6.45, 7) is 2.83. The number of ketones is 1. The van der Waals surface area contributed by atoms with Crippen LogP contribution in [0.5, 0.6) is 0 Å². The number of aryl methyl sites for hydroxylation is 1. The van der Waals surface area contributed by atoms with Gasteiger partial charge in [0.1, 0.15) is 0 Å². The van der Waals surface area contributed by atoms with E-state index in [2.05, 4.69) is 31.2 Å². The SMILES string of the molecule is Cc1ccc([C@H]2C[C@@H](CC(=O)c3ccccc3)CCO2)cc1. The van der Waals surface area contributed by atoms with Crippen molar-refractivity contribution in [3.05, 3.63) is 71.3 Å². The van der Waals surface area contributed by atoms with Crippen molar-refractivity contribution >= 4 is 5.78 Å². The van der Waals surface area contributed by atoms with E-state index in [9.17, 15) is 4.79 Å². The molecule has 2 heteroatoms. The second-order valence-electron chi connectivity index (χ2n) is 6.15. The highest BCUT2D eigenvalue weighted by Crippen LogP contribution is 2.34. The van der Waals surface area contributed by atoms with Crippen molar-refractivity contribution in [1.29, 1.82) is 0 Å². The summed E-state index contributed by atoms with van der Waals surface area (Å²) in [7, 11) is 0. The number of rotatable bonds is 4. The van der Waals surface area contributed by atoms with Crippen LogP contribution in [0.3, 0.4) is 0 Å². The third-order valence-corrected chi connectivity index (χ3v) is 4.41. The molecule has 2 nitrogen and oxygen atoms in total. The van der Waals surface area contributed by atoms with E-state index in [1.807, 2.05) is 30.3 Å². The highest BCUT2D eigenvalue weighted by atomic mass is 16.5. The molecule has 0 bridgehead atoms. The van der Waals surface area contributed by atoms with Crippen molar-refractivity contribution in [2.45, 2.75) is 32.3 Å². The molecule has 1 saturated heterocycles. The van der Waals surface area contributed by atoms with E-state index in [1.54, 1.807) is 0 Å². The van der Waals surface area contributed by atoms with Gasteiger partial charge < -0.3 is 4.74 Å². The van der Waals surface area contributed by atoms with E-state index in [1.165, 1.54) is 11.1 Å². The van der Waals surface area contributed by atoms with Crippen molar-refractivity contribution in [2.75, 3.05) is 6.61 Å². The quantitative estimate of drug-likeness (QED) is 0.762. The average molecular weight is 294 g/mol. The fourth-order valence-electron chi connectivity index (χ4n) is 3.07. The van der Waals surface area contributed by atoms with E-state index >= 15 is 0 Å². The summed E-state index contributed by atoms with van der Waals surface area (Å²) in [4.78, 5) is 12.4. The minimum atomic E-state index is 0.128. The molecule has 2 aromatic carbocycles. The maximum Gasteiger partial charge on any atom is 0.163 e. The second kappa shape index (κ2) is 6.89. The van der Waals surface area contributed by atoms with Gasteiger partial charge in [-0.15, -0.1) is 0 Å². The van der Waals surface area contributed by atoms with Crippen molar-refractivity contribution in [3.63, 3.8) is 0 Å². The summed E-state index contributed by atoms with van der Waals surface area (Å²) in [5.41, 5.74) is 3.30. The second-order valence-corrected chi connectivity index (χ2v) is 6.15. The largest absolute Gasteiger partial charge is 0.374 e. The Morgan fingerprint density at radius 2 is 1.82 bits per heavy atom. The summed E-state index contributed by atoms with van der Waals surface area (Å²) in [5.74, 6) is 0.655. The van der Waals surface area contributed by atoms with Gasteiger partial charge in [-0.05, 0) is 31.2 Å². The monoisotopic (exact) mass is 294 g/mol. The zero-order valence-corrected chi connectivity index (χ0v) is 13.0. The van der Waals surface area contributed by atoms with Crippen LogP contribution < -0.4 is 0 Å². The highest BCUT2D eigenvalue weighted by Gasteiger charge is 2.25. The van der Waals surface area contributed by atoms with Crippen molar-refractivity contribution in [2.24, 2.45) is 5.92 Å². The van der Waals surface area contributed by atoms with Crippen LogP contribution in [0.2, 0.25) is 0 Å². The first-order valence-electron chi connectivity index (χ1n) is 7.99. The van der Waals surface area contributed by atoms with Gasteiger partial charge in [-0.3, -0.25) is 4.79 Å². The van der Waals surface area contributed by atoms with Gasteiger partial charge >= 0.3 is 0 Å². The molecule has 0 saturated carbocycles. The summed E-state index contributed by atoms with van der Waals surface area (Å²) in [6, 6.07) is 18.1. The van der Waals surface area contributed by atoms with E-state index in [0.29, 0.717) is 12.3 Å². The normalized spacial score (nSPS) is 21.5. The Morgan fingerprint density at radius 3 is 2.55 bits per heavy atom. The molecule has 0 radical (unpaired) electrons. The molecule has 0 N–H and O–H groups in total. The van der Waals surface area contributed by atoms with Crippen LogP contribution in [0.4, 0.5) is 0 Å². The minimum Gasteiger partial charge on any atom is -0.374 e. The van der Waals surface area contributed by atoms with Crippen LogP contribution in [0.15, 0.2) is 54.6 Å². The lowest BCUT2D eigenvalue weighted by Crippen LogP contribution is -2.22. The molecule has 2 aromatic rings. The van der Waals surface area contributed by atoms with Gasteiger partial charge in [0, 0.05) is 18.6 Å². The number of hydrogen-bond donors (Lipinski definition) is 0. The molecule has 0 spiro atoms. The van der Waals surface area contributed by atoms with Crippen LogP contribution in [0.25, 0.3) is 0 Å². The zero-order chi connectivity index (χ0) is 15.4. The van der Waals surface area contributed by atoms with E-state index in [0.717, 1.165) is 25.0 Å². The van der Waals surface area contributed by atoms with Crippen molar-refractivity contribution < 1.29 is 9.53 Å². The molecule has 1 aliphatic heterocycles. The number of benzene rings is 2. The van der Waals surface area contributed by atoms with E-state index in [4.69, 9.17) is 4.74 Å². The zero-order valence-electron chi connectivity index (χ0n) is 13.0. The Labute approximate surface area is 132 Å². The molecule has 114 valence electrons. The summed E-state index contributed by atoms with van der Waals surface area (Å²) >= 11 is 0. The molecule has 22 heavy (non-hydrogen) atoms. The molecule has 0 unspecified atom stereocenters. The maximum absolute atomic E-state index is 12.4. The molecule has 0 aromatic heterocycles. The smallest absolute Gasteiger partial charge is 0.163 e. The van der Waals surface area contributed by atoms with E-state index in [-0.39, 0.29) is 11.9 Å². The lowest BCUT2D eigenvalue weighted by molar-refractivity contribution is -0.0108. The van der Waals surface area contributed by atoms with Gasteiger partial charge in [0.05, 0.1) is 6.10 Å². The molecule has 0 amide bonds. The van der Waals surface area contributed by atoms with Crippen LogP contribution in [-0.4, -0.2) is 12.4 Å². The van der Waals surface area contributed by atoms with Gasteiger partial charge in [-0.25, -0.2) is 0 Å². The molecule has 1 aliphatic rings. The Kier molecular flexibility index (Phi) is 4.69. The van der Waals surface area contributed by atoms with Crippen LogP contribution >= 0.6 is 0 Å². The average Bonchev–Trinajstić information content (AvgIpc) is 2.56. The topological polar surface area (TPSA) is 26.3 Å². The van der Waals surface area contributed by atoms with Gasteiger partial charge in [0.25, 0.3) is 0 Å². The molecular weight excluding hydrogens is 272 g/mol. The Hall–Kier alpha value is -1.93. The van der Waals surface area contributed by atoms with Gasteiger partial charge in [0.2, 0.25) is 0 Å². The molecule has 1 heterocycles. The fraction of sp³-hybridized carbons (Fsp3) is 0.350. The number of hydrogen-bond acceptors (Lipinski definition) is 2. The standard InChI is InChI=1S/C20H22O2/c1-15-7-9-18(10-8-15)20-14-16(11-12-22-20)13-19(21)17-5-3-2-4-6-17/h2-10,16,20H,11-14H2,1H3/t16-,20-/m1/s1. The lowest BCUT2D eigenvalue weighted by atomic mass is 9.87. The predicted molar refractivity (Wildman–Crippen MR) is 88.0 cm³/mol. The third-order valence-electron chi connectivity index (χ3n) is 4.41. The third kappa shape index (κ3) is 3.63. The first kappa shape index (κ1) is 15.0. The fourth-order valence-corrected chi connectivity index (χ4v) is 3.07. The first-order chi connectivity index (χ1) is 10.7. The van der Waals surface area contributed by atoms with E-state index < -0.39 is 0 Å².